The van der Waals surface area contributed by atoms with E-state index in [2.05, 4.69) is 17.2 Å². The van der Waals surface area contributed by atoms with E-state index in [1.807, 2.05) is 24.3 Å². The third kappa shape index (κ3) is 3.71. The van der Waals surface area contributed by atoms with E-state index in [-0.39, 0.29) is 11.8 Å². The first-order valence-electron chi connectivity index (χ1n) is 7.06. The molecule has 1 N–H and O–H groups in total. The number of carbonyl (C=O) groups is 2. The fraction of sp³-hybridized carbons (Fsp3) is 0.312. The van der Waals surface area contributed by atoms with Gasteiger partial charge in [0.2, 0.25) is 0 Å². The zero-order valence-electron chi connectivity index (χ0n) is 12.9. The Kier molecular flexibility index (Phi) is 5.27. The minimum Gasteiger partial charge on any atom is -0.354 e. The molecule has 0 fully saturated rings. The lowest BCUT2D eigenvalue weighted by Crippen LogP contribution is -2.26. The van der Waals surface area contributed by atoms with Crippen molar-refractivity contribution >= 4 is 23.2 Å². The van der Waals surface area contributed by atoms with E-state index < -0.39 is 0 Å². The number of nitrogens with zero attached hydrogens (tertiary/aromatic N) is 2. The average molecular weight is 317 g/mol. The summed E-state index contributed by atoms with van der Waals surface area (Å²) < 4.78 is 0. The molecule has 5 nitrogen and oxygen atoms in total. The van der Waals surface area contributed by atoms with Crippen LogP contribution in [-0.2, 0) is 13.0 Å². The minimum absolute atomic E-state index is 0.0562. The van der Waals surface area contributed by atoms with Crippen LogP contribution in [0, 0.1) is 0 Å². The first-order valence-corrected chi connectivity index (χ1v) is 7.94. The molecule has 6 heteroatoms. The van der Waals surface area contributed by atoms with E-state index in [4.69, 9.17) is 0 Å². The summed E-state index contributed by atoms with van der Waals surface area (Å²) >= 11 is 1.37. The molecular weight excluding hydrogens is 298 g/mol. The van der Waals surface area contributed by atoms with Crippen molar-refractivity contribution in [3.05, 3.63) is 51.5 Å². The van der Waals surface area contributed by atoms with Crippen LogP contribution >= 0.6 is 11.3 Å². The standard InChI is InChI=1S/C16H19N3O2S/c1-4-11-5-7-12(8-6-11)16(21)19(3)9-14-18-13(10-22-14)15(20)17-2/h5-8,10H,4,9H2,1-3H3,(H,17,20). The molecule has 1 aromatic carbocycles. The van der Waals surface area contributed by atoms with E-state index in [9.17, 15) is 9.59 Å². The van der Waals surface area contributed by atoms with Gasteiger partial charge in [-0.1, -0.05) is 19.1 Å². The lowest BCUT2D eigenvalue weighted by atomic mass is 10.1. The zero-order chi connectivity index (χ0) is 16.1. The van der Waals surface area contributed by atoms with Crippen LogP contribution in [0.3, 0.4) is 0 Å². The number of nitrogens with one attached hydrogen (secondary N) is 1. The van der Waals surface area contributed by atoms with Crippen LogP contribution in [-0.4, -0.2) is 35.8 Å². The summed E-state index contributed by atoms with van der Waals surface area (Å²) in [5, 5.41) is 4.96. The van der Waals surface area contributed by atoms with Gasteiger partial charge in [-0.25, -0.2) is 4.98 Å². The molecule has 0 spiro atoms. The molecule has 0 atom stereocenters. The van der Waals surface area contributed by atoms with Gasteiger partial charge in [-0.05, 0) is 24.1 Å². The van der Waals surface area contributed by atoms with Crippen LogP contribution in [0.25, 0.3) is 0 Å². The van der Waals surface area contributed by atoms with E-state index in [1.165, 1.54) is 16.9 Å². The van der Waals surface area contributed by atoms with Gasteiger partial charge >= 0.3 is 0 Å². The van der Waals surface area contributed by atoms with Crippen LogP contribution in [0.15, 0.2) is 29.6 Å². The third-order valence-corrected chi connectivity index (χ3v) is 4.17. The van der Waals surface area contributed by atoms with Gasteiger partial charge in [0.05, 0.1) is 6.54 Å². The lowest BCUT2D eigenvalue weighted by Gasteiger charge is -2.15. The summed E-state index contributed by atoms with van der Waals surface area (Å²) in [6.07, 6.45) is 0.950. The molecular formula is C16H19N3O2S. The number of amides is 2. The van der Waals surface area contributed by atoms with E-state index >= 15 is 0 Å². The minimum atomic E-state index is -0.216. The highest BCUT2D eigenvalue weighted by molar-refractivity contribution is 7.09. The number of aromatic nitrogens is 1. The molecule has 116 valence electrons. The maximum atomic E-state index is 12.4. The summed E-state index contributed by atoms with van der Waals surface area (Å²) in [6.45, 7) is 2.46. The van der Waals surface area contributed by atoms with E-state index in [0.717, 1.165) is 11.4 Å². The number of thiazole rings is 1. The number of hydrogen-bond acceptors (Lipinski definition) is 4. The fourth-order valence-corrected chi connectivity index (χ4v) is 2.82. The molecule has 0 aliphatic rings. The van der Waals surface area contributed by atoms with Gasteiger partial charge in [0.1, 0.15) is 10.7 Å². The van der Waals surface area contributed by atoms with Crippen LogP contribution in [0.2, 0.25) is 0 Å². The highest BCUT2D eigenvalue weighted by atomic mass is 32.1. The zero-order valence-corrected chi connectivity index (χ0v) is 13.7. The molecule has 2 rings (SSSR count). The second-order valence-electron chi connectivity index (χ2n) is 4.92. The monoisotopic (exact) mass is 317 g/mol. The Labute approximate surface area is 134 Å². The van der Waals surface area contributed by atoms with Gasteiger partial charge in [0.25, 0.3) is 11.8 Å². The average Bonchev–Trinajstić information content (AvgIpc) is 3.01. The van der Waals surface area contributed by atoms with Crippen molar-refractivity contribution in [2.24, 2.45) is 0 Å². The SMILES string of the molecule is CCc1ccc(C(=O)N(C)Cc2nc(C(=O)NC)cs2)cc1. The van der Waals surface area contributed by atoms with Gasteiger partial charge in [-0.2, -0.15) is 0 Å². The highest BCUT2D eigenvalue weighted by Gasteiger charge is 2.15. The molecule has 1 heterocycles. The molecule has 1 aromatic heterocycles. The molecule has 0 saturated heterocycles. The topological polar surface area (TPSA) is 62.3 Å². The Morgan fingerprint density at radius 3 is 2.55 bits per heavy atom. The van der Waals surface area contributed by atoms with E-state index in [1.54, 1.807) is 24.4 Å². The van der Waals surface area contributed by atoms with Crippen molar-refractivity contribution < 1.29 is 9.59 Å². The third-order valence-electron chi connectivity index (χ3n) is 3.34. The van der Waals surface area contributed by atoms with Crippen molar-refractivity contribution in [2.45, 2.75) is 19.9 Å². The Balaban J connectivity index is 2.04. The number of aryl methyl sites for hydroxylation is 1. The van der Waals surface area contributed by atoms with E-state index in [0.29, 0.717) is 17.8 Å². The molecule has 0 aliphatic heterocycles. The van der Waals surface area contributed by atoms with Gasteiger partial charge in [-0.3, -0.25) is 9.59 Å². The Hall–Kier alpha value is -2.21. The van der Waals surface area contributed by atoms with Gasteiger partial charge in [-0.15, -0.1) is 11.3 Å². The van der Waals surface area contributed by atoms with Crippen LogP contribution in [0.5, 0.6) is 0 Å². The number of benzene rings is 1. The van der Waals surface area contributed by atoms with Crippen molar-refractivity contribution in [1.29, 1.82) is 0 Å². The summed E-state index contributed by atoms with van der Waals surface area (Å²) in [4.78, 5) is 29.7. The predicted molar refractivity (Wildman–Crippen MR) is 87.1 cm³/mol. The van der Waals surface area contributed by atoms with Crippen molar-refractivity contribution in [2.75, 3.05) is 14.1 Å². The molecule has 0 aliphatic carbocycles. The smallest absolute Gasteiger partial charge is 0.270 e. The van der Waals surface area contributed by atoms with Crippen molar-refractivity contribution in [3.63, 3.8) is 0 Å². The molecule has 0 radical (unpaired) electrons. The quantitative estimate of drug-likeness (QED) is 0.920. The summed E-state index contributed by atoms with van der Waals surface area (Å²) in [5.74, 6) is -0.272. The maximum Gasteiger partial charge on any atom is 0.270 e. The number of rotatable bonds is 5. The largest absolute Gasteiger partial charge is 0.354 e. The second-order valence-corrected chi connectivity index (χ2v) is 5.86. The lowest BCUT2D eigenvalue weighted by molar-refractivity contribution is 0.0785. The van der Waals surface area contributed by atoms with Crippen molar-refractivity contribution in [3.8, 4) is 0 Å². The summed E-state index contributed by atoms with van der Waals surface area (Å²) in [5.41, 5.74) is 2.24. The maximum absolute atomic E-state index is 12.4. The molecule has 22 heavy (non-hydrogen) atoms. The predicted octanol–water partition coefficient (Wildman–Crippen LogP) is 2.34. The van der Waals surface area contributed by atoms with Crippen molar-refractivity contribution in [1.82, 2.24) is 15.2 Å². The fourth-order valence-electron chi connectivity index (χ4n) is 1.99. The first kappa shape index (κ1) is 16.2. The highest BCUT2D eigenvalue weighted by Crippen LogP contribution is 2.14. The Morgan fingerprint density at radius 1 is 1.27 bits per heavy atom. The van der Waals surface area contributed by atoms with Crippen LogP contribution in [0.1, 0.15) is 38.3 Å². The summed E-state index contributed by atoms with van der Waals surface area (Å²) in [6, 6.07) is 7.62. The molecule has 2 aromatic rings. The molecule has 2 amide bonds. The Bertz CT molecular complexity index is 664. The first-order chi connectivity index (χ1) is 10.5. The second kappa shape index (κ2) is 7.17. The van der Waals surface area contributed by atoms with Crippen LogP contribution < -0.4 is 5.32 Å². The van der Waals surface area contributed by atoms with Gasteiger partial charge in [0.15, 0.2) is 0 Å². The van der Waals surface area contributed by atoms with Gasteiger partial charge in [0, 0.05) is 25.0 Å². The molecule has 0 saturated carbocycles. The summed E-state index contributed by atoms with van der Waals surface area (Å²) in [7, 11) is 3.30. The normalized spacial score (nSPS) is 10.3. The number of carbonyl (C=O) groups excluding carboxylic acids is 2. The number of hydrogen-bond donors (Lipinski definition) is 1. The van der Waals surface area contributed by atoms with Gasteiger partial charge < -0.3 is 10.2 Å². The van der Waals surface area contributed by atoms with Crippen LogP contribution in [0.4, 0.5) is 0 Å². The Morgan fingerprint density at radius 2 is 1.95 bits per heavy atom. The molecule has 0 bridgehead atoms. The molecule has 0 unspecified atom stereocenters.